The van der Waals surface area contributed by atoms with E-state index < -0.39 is 0 Å². The molecular weight excluding hydrogens is 390 g/mol. The minimum atomic E-state index is -0.227. The van der Waals surface area contributed by atoms with E-state index in [2.05, 4.69) is 31.7 Å². The Hall–Kier alpha value is -2.04. The van der Waals surface area contributed by atoms with Crippen LogP contribution in [0.4, 0.5) is 5.13 Å². The molecule has 0 saturated carbocycles. The molecule has 0 radical (unpaired) electrons. The fraction of sp³-hybridized carbons (Fsp3) is 0.684. The lowest BCUT2D eigenvalue weighted by atomic mass is 10.2. The molecule has 2 fully saturated rings. The maximum atomic E-state index is 12.9. The molecule has 0 aliphatic carbocycles. The number of aromatic nitrogens is 3. The standard InChI is InChI=1S/C19H29N7O2S/c1-4-22-5-7-24(8-6-22)17(28)15(3)23-9-11-25(12-10-23)19-21-26-14(2)13-16(27)20-18(26)29-19/h13,15H,4-12H2,1-3H3. The van der Waals surface area contributed by atoms with Crippen LogP contribution < -0.4 is 10.5 Å². The molecule has 0 spiro atoms. The van der Waals surface area contributed by atoms with Crippen molar-refractivity contribution in [3.05, 3.63) is 22.1 Å². The molecule has 2 aromatic heterocycles. The van der Waals surface area contributed by atoms with E-state index >= 15 is 0 Å². The third kappa shape index (κ3) is 4.15. The molecule has 4 heterocycles. The van der Waals surface area contributed by atoms with Crippen LogP contribution in [0.2, 0.25) is 0 Å². The van der Waals surface area contributed by atoms with Crippen molar-refractivity contribution in [2.24, 2.45) is 0 Å². The molecule has 1 atom stereocenters. The van der Waals surface area contributed by atoms with Gasteiger partial charge in [0.1, 0.15) is 0 Å². The van der Waals surface area contributed by atoms with E-state index in [0.717, 1.165) is 69.7 Å². The Morgan fingerprint density at radius 1 is 1.14 bits per heavy atom. The molecule has 10 heteroatoms. The van der Waals surface area contributed by atoms with Gasteiger partial charge >= 0.3 is 0 Å². The number of amides is 1. The zero-order valence-corrected chi connectivity index (χ0v) is 18.2. The molecule has 2 aromatic rings. The smallest absolute Gasteiger partial charge is 0.274 e. The lowest BCUT2D eigenvalue weighted by Gasteiger charge is -2.40. The maximum Gasteiger partial charge on any atom is 0.274 e. The molecule has 158 valence electrons. The first kappa shape index (κ1) is 20.2. The number of aryl methyl sites for hydroxylation is 1. The Balaban J connectivity index is 1.36. The number of hydrogen-bond acceptors (Lipinski definition) is 8. The van der Waals surface area contributed by atoms with Gasteiger partial charge in [0.25, 0.3) is 5.56 Å². The molecule has 4 rings (SSSR count). The first-order chi connectivity index (χ1) is 14.0. The van der Waals surface area contributed by atoms with Crippen molar-refractivity contribution in [1.29, 1.82) is 0 Å². The Bertz CT molecular complexity index is 926. The van der Waals surface area contributed by atoms with Crippen molar-refractivity contribution in [2.45, 2.75) is 26.8 Å². The van der Waals surface area contributed by atoms with Gasteiger partial charge in [0, 0.05) is 64.1 Å². The minimum absolute atomic E-state index is 0.0954. The number of carbonyl (C=O) groups is 1. The van der Waals surface area contributed by atoms with E-state index in [0.29, 0.717) is 4.96 Å². The summed E-state index contributed by atoms with van der Waals surface area (Å²) in [5.41, 5.74) is 0.568. The molecular formula is C19H29N7O2S. The molecule has 0 aromatic carbocycles. The van der Waals surface area contributed by atoms with Crippen LogP contribution in [0.3, 0.4) is 0 Å². The molecule has 2 aliphatic rings. The second kappa shape index (κ2) is 8.37. The van der Waals surface area contributed by atoms with Crippen molar-refractivity contribution >= 4 is 27.3 Å². The maximum absolute atomic E-state index is 12.9. The predicted molar refractivity (Wildman–Crippen MR) is 114 cm³/mol. The van der Waals surface area contributed by atoms with E-state index in [9.17, 15) is 9.59 Å². The third-order valence-corrected chi connectivity index (χ3v) is 7.01. The lowest BCUT2D eigenvalue weighted by molar-refractivity contribution is -0.138. The van der Waals surface area contributed by atoms with E-state index in [-0.39, 0.29) is 17.5 Å². The van der Waals surface area contributed by atoms with Gasteiger partial charge in [-0.25, -0.2) is 4.52 Å². The number of anilines is 1. The second-order valence-electron chi connectivity index (χ2n) is 7.77. The van der Waals surface area contributed by atoms with Crippen molar-refractivity contribution < 1.29 is 4.79 Å². The zero-order valence-electron chi connectivity index (χ0n) is 17.4. The van der Waals surface area contributed by atoms with E-state index in [1.54, 1.807) is 4.52 Å². The van der Waals surface area contributed by atoms with Crippen LogP contribution in [0.15, 0.2) is 10.9 Å². The van der Waals surface area contributed by atoms with Gasteiger partial charge in [-0.15, -0.1) is 5.10 Å². The first-order valence-electron chi connectivity index (χ1n) is 10.3. The number of carbonyl (C=O) groups excluding carboxylic acids is 1. The number of nitrogens with zero attached hydrogens (tertiary/aromatic N) is 7. The van der Waals surface area contributed by atoms with Crippen molar-refractivity contribution in [1.82, 2.24) is 29.3 Å². The minimum Gasteiger partial charge on any atom is -0.344 e. The number of piperazine rings is 2. The summed E-state index contributed by atoms with van der Waals surface area (Å²) in [6.45, 7) is 14.0. The van der Waals surface area contributed by atoms with Gasteiger partial charge < -0.3 is 14.7 Å². The van der Waals surface area contributed by atoms with E-state index in [1.807, 2.05) is 18.7 Å². The summed E-state index contributed by atoms with van der Waals surface area (Å²) >= 11 is 1.44. The summed E-state index contributed by atoms with van der Waals surface area (Å²) in [7, 11) is 0. The molecule has 2 aliphatic heterocycles. The van der Waals surface area contributed by atoms with Gasteiger partial charge in [-0.3, -0.25) is 14.5 Å². The quantitative estimate of drug-likeness (QED) is 0.697. The normalized spacial score (nSPS) is 20.4. The topological polar surface area (TPSA) is 77.3 Å². The Labute approximate surface area is 174 Å². The molecule has 1 amide bonds. The summed E-state index contributed by atoms with van der Waals surface area (Å²) < 4.78 is 1.73. The molecule has 9 nitrogen and oxygen atoms in total. The number of fused-ring (bicyclic) bond motifs is 1. The molecule has 0 bridgehead atoms. The van der Waals surface area contributed by atoms with Crippen molar-refractivity contribution in [3.63, 3.8) is 0 Å². The molecule has 1 unspecified atom stereocenters. The summed E-state index contributed by atoms with van der Waals surface area (Å²) in [5.74, 6) is 0.243. The molecule has 29 heavy (non-hydrogen) atoms. The van der Waals surface area contributed by atoms with Gasteiger partial charge in [0.05, 0.1) is 6.04 Å². The van der Waals surface area contributed by atoms with Crippen LogP contribution in [0.25, 0.3) is 4.96 Å². The largest absolute Gasteiger partial charge is 0.344 e. The highest BCUT2D eigenvalue weighted by molar-refractivity contribution is 7.20. The van der Waals surface area contributed by atoms with Crippen LogP contribution in [-0.2, 0) is 4.79 Å². The zero-order chi connectivity index (χ0) is 20.5. The van der Waals surface area contributed by atoms with Crippen molar-refractivity contribution in [3.8, 4) is 0 Å². The monoisotopic (exact) mass is 419 g/mol. The summed E-state index contributed by atoms with van der Waals surface area (Å²) in [4.78, 5) is 38.1. The molecule has 0 N–H and O–H groups in total. The number of likely N-dealkylation sites (N-methyl/N-ethyl adjacent to an activating group) is 1. The highest BCUT2D eigenvalue weighted by Crippen LogP contribution is 2.24. The second-order valence-corrected chi connectivity index (χ2v) is 8.71. The number of rotatable bonds is 4. The van der Waals surface area contributed by atoms with E-state index in [1.165, 1.54) is 17.4 Å². The fourth-order valence-electron chi connectivity index (χ4n) is 4.07. The van der Waals surface area contributed by atoms with Crippen LogP contribution in [0, 0.1) is 6.92 Å². The van der Waals surface area contributed by atoms with Crippen LogP contribution >= 0.6 is 11.3 Å². The van der Waals surface area contributed by atoms with Gasteiger partial charge in [-0.1, -0.05) is 18.3 Å². The lowest BCUT2D eigenvalue weighted by Crippen LogP contribution is -2.57. The van der Waals surface area contributed by atoms with Gasteiger partial charge in [0.2, 0.25) is 16.0 Å². The van der Waals surface area contributed by atoms with Crippen LogP contribution in [0.1, 0.15) is 19.5 Å². The van der Waals surface area contributed by atoms with E-state index in [4.69, 9.17) is 0 Å². The predicted octanol–water partition coefficient (Wildman–Crippen LogP) is 0.134. The number of hydrogen-bond donors (Lipinski definition) is 0. The third-order valence-electron chi connectivity index (χ3n) is 6.04. The van der Waals surface area contributed by atoms with Gasteiger partial charge in [-0.05, 0) is 20.4 Å². The SMILES string of the molecule is CCN1CCN(C(=O)C(C)N2CCN(c3nn4c(C)cc(=O)nc4s3)CC2)CC1. The van der Waals surface area contributed by atoms with Crippen LogP contribution in [0.5, 0.6) is 0 Å². The van der Waals surface area contributed by atoms with Gasteiger partial charge in [-0.2, -0.15) is 4.98 Å². The molecule has 2 saturated heterocycles. The average Bonchev–Trinajstić information content (AvgIpc) is 3.17. The van der Waals surface area contributed by atoms with Gasteiger partial charge in [0.15, 0.2) is 0 Å². The Morgan fingerprint density at radius 3 is 2.48 bits per heavy atom. The highest BCUT2D eigenvalue weighted by atomic mass is 32.1. The first-order valence-corrected chi connectivity index (χ1v) is 11.2. The summed E-state index contributed by atoms with van der Waals surface area (Å²) in [6.07, 6.45) is 0. The highest BCUT2D eigenvalue weighted by Gasteiger charge is 2.31. The average molecular weight is 420 g/mol. The fourth-order valence-corrected chi connectivity index (χ4v) is 5.08. The summed E-state index contributed by atoms with van der Waals surface area (Å²) in [6, 6.07) is 1.41. The van der Waals surface area contributed by atoms with Crippen LogP contribution in [-0.4, -0.2) is 100 Å². The Morgan fingerprint density at radius 2 is 1.83 bits per heavy atom. The van der Waals surface area contributed by atoms with Crippen molar-refractivity contribution in [2.75, 3.05) is 63.8 Å². The Kier molecular flexibility index (Phi) is 5.84. The summed E-state index contributed by atoms with van der Waals surface area (Å²) in [5, 5.41) is 5.51.